The third-order valence-electron chi connectivity index (χ3n) is 20.0. The molecule has 3 aliphatic heterocycles. The van der Waals surface area contributed by atoms with E-state index >= 15 is 14.4 Å². The van der Waals surface area contributed by atoms with Crippen molar-refractivity contribution in [2.24, 2.45) is 11.7 Å². The van der Waals surface area contributed by atoms with Crippen LogP contribution >= 0.6 is 21.6 Å². The summed E-state index contributed by atoms with van der Waals surface area (Å²) in [5.74, 6) is -19.1. The summed E-state index contributed by atoms with van der Waals surface area (Å²) in [5, 5.41) is 72.3. The van der Waals surface area contributed by atoms with Crippen LogP contribution in [0.5, 0.6) is 5.75 Å². The fraction of sp³-hybridized carbons (Fsp3) is 0.487. The number of alkyl halides is 3. The van der Waals surface area contributed by atoms with Gasteiger partial charge in [-0.25, -0.2) is 14.6 Å². The Hall–Kier alpha value is -12.4. The molecule has 44 heteroatoms. The number of hydrogen-bond acceptors (Lipinski definition) is 22. The summed E-state index contributed by atoms with van der Waals surface area (Å²) in [6.45, 7) is 5.40. The minimum atomic E-state index is -5.08. The summed E-state index contributed by atoms with van der Waals surface area (Å²) in [7, 11) is 1.71. The number of imidazole rings is 1. The van der Waals surface area contributed by atoms with E-state index in [4.69, 9.17) is 15.6 Å². The molecule has 0 saturated carbocycles. The van der Waals surface area contributed by atoms with Crippen LogP contribution in [0, 0.1) is 5.92 Å². The zero-order chi connectivity index (χ0) is 89.5. The lowest BCUT2D eigenvalue weighted by Gasteiger charge is -2.30. The molecule has 8 rings (SSSR count). The molecule has 5 aromatic rings. The second-order valence-electron chi connectivity index (χ2n) is 29.3. The van der Waals surface area contributed by atoms with Crippen molar-refractivity contribution in [2.45, 2.75) is 202 Å². The van der Waals surface area contributed by atoms with Gasteiger partial charge in [0.2, 0.25) is 82.7 Å². The van der Waals surface area contributed by atoms with Gasteiger partial charge in [-0.1, -0.05) is 103 Å². The number of carbonyl (C=O) groups is 17. The van der Waals surface area contributed by atoms with Gasteiger partial charge in [0.25, 0.3) is 0 Å². The van der Waals surface area contributed by atoms with Gasteiger partial charge in [-0.15, -0.1) is 0 Å². The van der Waals surface area contributed by atoms with Crippen molar-refractivity contribution < 1.29 is 115 Å². The van der Waals surface area contributed by atoms with E-state index in [0.717, 1.165) is 26.5 Å². The number of hydrogen-bond donors (Lipinski definition) is 20. The molecule has 3 aliphatic rings. The number of aromatic nitrogens is 3. The van der Waals surface area contributed by atoms with Crippen LogP contribution in [-0.2, 0) is 107 Å². The second kappa shape index (κ2) is 47.0. The Bertz CT molecular complexity index is 4530. The average Bonchev–Trinajstić information content (AvgIpc) is 1.72. The average molecular weight is 1750 g/mol. The van der Waals surface area contributed by atoms with E-state index in [9.17, 15) is 90.8 Å². The lowest BCUT2D eigenvalue weighted by atomic mass is 9.99. The van der Waals surface area contributed by atoms with Crippen LogP contribution < -0.4 is 74.9 Å². The Balaban J connectivity index is 0.00000280. The van der Waals surface area contributed by atoms with Crippen molar-refractivity contribution in [2.75, 3.05) is 31.1 Å². The first-order valence-corrected chi connectivity index (χ1v) is 41.7. The number of halogens is 3. The molecule has 3 fully saturated rings. The topological polar surface area (TPSA) is 601 Å². The van der Waals surface area contributed by atoms with Crippen LogP contribution in [0.15, 0.2) is 97.6 Å². The number of likely N-dealkylation sites (tertiary alicyclic amines) is 1. The summed E-state index contributed by atoms with van der Waals surface area (Å²) in [4.78, 5) is 244. The molecule has 0 radical (unpaired) electrons. The summed E-state index contributed by atoms with van der Waals surface area (Å²) >= 11 is 0. The van der Waals surface area contributed by atoms with Crippen LogP contribution in [0.3, 0.4) is 0 Å². The molecule has 0 aliphatic carbocycles. The van der Waals surface area contributed by atoms with Gasteiger partial charge in [-0.2, -0.15) is 13.2 Å². The molecule has 662 valence electrons. The minimum absolute atomic E-state index is 0.0122. The number of fused-ring (bicyclic) bond motifs is 1. The van der Waals surface area contributed by atoms with E-state index in [1.165, 1.54) is 50.6 Å². The number of para-hydroxylation sites is 1. The molecule has 2 aromatic heterocycles. The number of phenolic OH excluding ortho intramolecular Hbond substituents is 1. The van der Waals surface area contributed by atoms with Gasteiger partial charge in [0.1, 0.15) is 84.3 Å². The quantitative estimate of drug-likeness (QED) is 0.0173. The molecule has 5 heterocycles. The Morgan fingerprint density at radius 2 is 1.23 bits per heavy atom. The maximum atomic E-state index is 15.3. The fourth-order valence-electron chi connectivity index (χ4n) is 13.1. The van der Waals surface area contributed by atoms with Crippen molar-refractivity contribution in [1.82, 2.24) is 89.0 Å². The summed E-state index contributed by atoms with van der Waals surface area (Å²) < 4.78 is 31.7. The number of carboxylic acid groups (broad SMARTS) is 3. The first-order valence-electron chi connectivity index (χ1n) is 39.2. The molecule has 3 aromatic carbocycles. The first-order chi connectivity index (χ1) is 57.9. The number of nitrogens with zero attached hydrogens (tertiary/aromatic N) is 2. The SMILES string of the molecule is CC[C@H](C)[C@H](NC(=O)[C@@H]1CSSC[C@H](NC(=O)[C@H](CCC(=O)O)NC(=O)[C@@H]2CCCN2C(=O)[C@H](C)NC(=O)[C@H](C)NC(=O)CNC(=O)[C@H](Cc2c[nH]cn2)NC(=O)[C@@H]2CCC(=O)N2)C(=O)N[C@@H](Cc2ccccc2)C(=O)N[C@@H](Cc2c[nH]c3ccccc23)C(=O)N[C@@H](CCCCN)C(=O)N[C@@H](Cc2ccc(O)cc2)C(=O)N1)C(=O)O.O=C(O)C(F)(F)F. The number of nitrogens with two attached hydrogens (primary N) is 1. The number of rotatable bonds is 33. The number of aliphatic carboxylic acids is 3. The maximum Gasteiger partial charge on any atom is 0.490 e. The smallest absolute Gasteiger partial charge is 0.490 e. The standard InChI is InChI=1S/C76H100N18O19S2.C2HF3O2/c1-5-40(2)63(76(112)113)93-73(109)58-38-115-114-37-57(91-68(104)52(25-27-62(98)99)86-74(110)59-19-13-29-94(59)75(111)42(4)83-64(100)41(3)82-61(97)36-80-65(101)56(33-46-35-78-39-81-46)90-67(103)51-24-26-60(96)84-51)72(108)88-53(30-43-14-7-6-8-15-43)69(105)89-55(32-45-34-79-49-17-10-9-16-48(45)49)71(107)85-50(18-11-12-28-77)66(102)87-54(70(106)92-58)31-44-20-22-47(95)23-21-44;3-2(4,5)1(6)7/h6-10,14-17,20-23,34-35,39-42,50-59,63,79,95H,5,11-13,18-19,24-33,36-38,77H2,1-4H3,(H,78,81)(H,80,101)(H,82,97)(H,83,100)(H,84,96)(H,85,107)(H,86,110)(H,87,102)(H,88,108)(H,89,105)(H,90,103)(H,91,104)(H,92,106)(H,93,109)(H,98,99)(H,112,113);(H,6,7)/t40-,41-,42-,50-,51-,52-,53-,54-,55-,56-,57-,58-,59-,63-;/m0./s1. The van der Waals surface area contributed by atoms with Gasteiger partial charge in [0.15, 0.2) is 0 Å². The van der Waals surface area contributed by atoms with Gasteiger partial charge in [-0.05, 0) is 106 Å². The number of H-pyrrole nitrogens is 2. The Morgan fingerprint density at radius 1 is 0.631 bits per heavy atom. The summed E-state index contributed by atoms with van der Waals surface area (Å²) in [6, 6.07) is 2.43. The van der Waals surface area contributed by atoms with Crippen molar-refractivity contribution in [3.8, 4) is 5.75 Å². The molecule has 21 N–H and O–H groups in total. The van der Waals surface area contributed by atoms with Gasteiger partial charge in [0.05, 0.1) is 18.6 Å². The lowest BCUT2D eigenvalue weighted by molar-refractivity contribution is -0.192. The number of carboxylic acids is 3. The highest BCUT2D eigenvalue weighted by molar-refractivity contribution is 8.76. The minimum Gasteiger partial charge on any atom is -0.508 e. The number of aromatic amines is 2. The van der Waals surface area contributed by atoms with Crippen LogP contribution in [0.25, 0.3) is 10.9 Å². The number of unbranched alkanes of at least 4 members (excludes halogenated alkanes) is 1. The highest BCUT2D eigenvalue weighted by atomic mass is 33.1. The number of carbonyl (C=O) groups excluding carboxylic acids is 14. The Morgan fingerprint density at radius 3 is 1.84 bits per heavy atom. The number of nitrogens with one attached hydrogen (secondary N) is 15. The number of benzene rings is 3. The first kappa shape index (κ1) is 96.8. The Kier molecular flexibility index (Phi) is 37.3. The molecular formula is C78H101F3N18O21S2. The predicted octanol–water partition coefficient (Wildman–Crippen LogP) is -1.22. The molecule has 122 heavy (non-hydrogen) atoms. The van der Waals surface area contributed by atoms with Crippen LogP contribution in [0.2, 0.25) is 0 Å². The van der Waals surface area contributed by atoms with E-state index in [0.29, 0.717) is 46.1 Å². The largest absolute Gasteiger partial charge is 0.508 e. The molecule has 3 saturated heterocycles. The maximum absolute atomic E-state index is 15.3. The van der Waals surface area contributed by atoms with Crippen molar-refractivity contribution in [3.05, 3.63) is 120 Å². The highest BCUT2D eigenvalue weighted by Gasteiger charge is 2.42. The lowest BCUT2D eigenvalue weighted by Crippen LogP contribution is -2.61. The molecule has 0 unspecified atom stereocenters. The molecule has 14 amide bonds. The normalized spacial score (nSPS) is 20.8. The molecule has 39 nitrogen and oxygen atoms in total. The van der Waals surface area contributed by atoms with Gasteiger partial charge in [0, 0.05) is 79.9 Å². The van der Waals surface area contributed by atoms with Crippen LogP contribution in [-0.4, -0.2) is 257 Å². The van der Waals surface area contributed by atoms with E-state index in [1.54, 1.807) is 74.6 Å². The zero-order valence-corrected chi connectivity index (χ0v) is 68.5. The number of amides is 14. The zero-order valence-electron chi connectivity index (χ0n) is 66.9. The third kappa shape index (κ3) is 30.1. The Labute approximate surface area is 704 Å². The van der Waals surface area contributed by atoms with Crippen molar-refractivity contribution in [1.29, 1.82) is 0 Å². The summed E-state index contributed by atoms with van der Waals surface area (Å²) in [6.07, 6.45) is -1.25. The van der Waals surface area contributed by atoms with E-state index in [1.807, 2.05) is 0 Å². The van der Waals surface area contributed by atoms with E-state index in [2.05, 4.69) is 84.1 Å². The van der Waals surface area contributed by atoms with Crippen molar-refractivity contribution in [3.63, 3.8) is 0 Å². The second-order valence-corrected chi connectivity index (χ2v) is 31.8. The molecular weight excluding hydrogens is 1650 g/mol. The highest BCUT2D eigenvalue weighted by Crippen LogP contribution is 2.27. The fourth-order valence-corrected chi connectivity index (χ4v) is 15.4. The summed E-state index contributed by atoms with van der Waals surface area (Å²) in [5.41, 5.74) is 8.45. The van der Waals surface area contributed by atoms with Crippen LogP contribution in [0.4, 0.5) is 13.2 Å². The number of phenols is 1. The van der Waals surface area contributed by atoms with Crippen molar-refractivity contribution >= 4 is 133 Å². The monoisotopic (exact) mass is 1750 g/mol. The van der Waals surface area contributed by atoms with Gasteiger partial charge >= 0.3 is 24.1 Å². The third-order valence-corrected chi connectivity index (χ3v) is 22.5. The van der Waals surface area contributed by atoms with E-state index in [-0.39, 0.29) is 89.0 Å². The van der Waals surface area contributed by atoms with Crippen LogP contribution in [0.1, 0.15) is 114 Å². The molecule has 14 atom stereocenters. The van der Waals surface area contributed by atoms with Gasteiger partial charge in [-0.3, -0.25) is 71.9 Å². The molecule has 0 spiro atoms. The number of aromatic hydroxyl groups is 1. The van der Waals surface area contributed by atoms with Gasteiger partial charge < -0.3 is 110 Å². The molecule has 0 bridgehead atoms. The van der Waals surface area contributed by atoms with E-state index < -0.39 is 216 Å². The predicted molar refractivity (Wildman–Crippen MR) is 433 cm³/mol.